The molecule has 0 saturated carbocycles. The van der Waals surface area contributed by atoms with Gasteiger partial charge in [0.1, 0.15) is 0 Å². The minimum absolute atomic E-state index is 0.157. The monoisotopic (exact) mass is 555 g/mol. The zero-order valence-electron chi connectivity index (χ0n) is 22.6. The summed E-state index contributed by atoms with van der Waals surface area (Å²) in [7, 11) is 0. The first-order valence-electron chi connectivity index (χ1n) is 12.8. The maximum Gasteiger partial charge on any atom is 0.335 e. The van der Waals surface area contributed by atoms with E-state index in [1.165, 1.54) is 6.07 Å². The number of hydrogen-bond donors (Lipinski definition) is 1. The minimum Gasteiger partial charge on any atom is -0.545 e. The number of aryl methyl sites for hydroxylation is 2. The number of aliphatic imine (C=N–C) groups is 2. The van der Waals surface area contributed by atoms with Gasteiger partial charge in [-0.2, -0.15) is 0 Å². The van der Waals surface area contributed by atoms with Crippen LogP contribution in [-0.4, -0.2) is 49.9 Å². The van der Waals surface area contributed by atoms with Crippen LogP contribution in [0.4, 0.5) is 11.4 Å². The van der Waals surface area contributed by atoms with Crippen LogP contribution in [0.1, 0.15) is 43.0 Å². The molecule has 0 aliphatic rings. The van der Waals surface area contributed by atoms with E-state index in [2.05, 4.69) is 30.4 Å². The van der Waals surface area contributed by atoms with E-state index in [0.29, 0.717) is 34.2 Å². The topological polar surface area (TPSA) is 154 Å². The van der Waals surface area contributed by atoms with E-state index in [1.807, 2.05) is 48.5 Å². The molecule has 5 rings (SSSR count). The Morgan fingerprint density at radius 1 is 0.643 bits per heavy atom. The molecular weight excluding hydrogens is 532 g/mol. The molecule has 5 aromatic rings. The number of aromatic nitrogens is 4. The third-order valence-electron chi connectivity index (χ3n) is 6.41. The molecule has 4 aromatic carbocycles. The van der Waals surface area contributed by atoms with Crippen LogP contribution < -0.4 is 5.11 Å². The van der Waals surface area contributed by atoms with E-state index < -0.39 is 11.9 Å². The second kappa shape index (κ2) is 12.1. The second-order valence-electron chi connectivity index (χ2n) is 9.40. The molecule has 1 N–H and O–H groups in total. The third kappa shape index (κ3) is 6.45. The van der Waals surface area contributed by atoms with Crippen molar-refractivity contribution in [3.05, 3.63) is 118 Å². The summed E-state index contributed by atoms with van der Waals surface area (Å²) in [6, 6.07) is 24.5. The maximum absolute atomic E-state index is 11.2. The number of carboxylic acids is 2. The van der Waals surface area contributed by atoms with Gasteiger partial charge in [-0.15, -0.1) is 20.4 Å². The second-order valence-corrected chi connectivity index (χ2v) is 9.40. The standard InChI is InChI=1S/C32H24N6O4/c1-19-15-21(3-13-27(19)31(39)40)17-33-25-9-5-23(6-10-25)29-35-37-30(38-36-29)24-7-11-26(12-8-24)34-18-22-4-14-28(32(41)42)20(2)16-22/h3-18H,1-2H3,(H,39,40)(H,41,42)/p-1. The number of carbonyl (C=O) groups is 2. The van der Waals surface area contributed by atoms with Gasteiger partial charge in [-0.05, 0) is 103 Å². The smallest absolute Gasteiger partial charge is 0.335 e. The Morgan fingerprint density at radius 3 is 1.40 bits per heavy atom. The Labute approximate surface area is 240 Å². The van der Waals surface area contributed by atoms with Crippen molar-refractivity contribution in [3.63, 3.8) is 0 Å². The lowest BCUT2D eigenvalue weighted by atomic mass is 10.1. The number of rotatable bonds is 8. The SMILES string of the molecule is Cc1cc(C=Nc2ccc(-c3nnc(-c4ccc(N=Cc5ccc(C(=O)O)c(C)c5)cc4)nn3)cc2)ccc1C(=O)[O-]. The molecule has 42 heavy (non-hydrogen) atoms. The largest absolute Gasteiger partial charge is 0.545 e. The fourth-order valence-electron chi connectivity index (χ4n) is 4.15. The van der Waals surface area contributed by atoms with Crippen molar-refractivity contribution < 1.29 is 19.8 Å². The van der Waals surface area contributed by atoms with Crippen molar-refractivity contribution >= 4 is 35.7 Å². The lowest BCUT2D eigenvalue weighted by Gasteiger charge is -2.06. The molecule has 0 saturated heterocycles. The van der Waals surface area contributed by atoms with Crippen molar-refractivity contribution in [1.82, 2.24) is 20.4 Å². The van der Waals surface area contributed by atoms with Gasteiger partial charge >= 0.3 is 5.97 Å². The van der Waals surface area contributed by atoms with Crippen LogP contribution in [0.2, 0.25) is 0 Å². The Balaban J connectivity index is 1.22. The number of benzene rings is 4. The normalized spacial score (nSPS) is 11.3. The first kappa shape index (κ1) is 27.7. The molecule has 206 valence electrons. The van der Waals surface area contributed by atoms with Crippen molar-refractivity contribution in [1.29, 1.82) is 0 Å². The van der Waals surface area contributed by atoms with Crippen LogP contribution in [0.25, 0.3) is 22.8 Å². The predicted molar refractivity (Wildman–Crippen MR) is 157 cm³/mol. The molecule has 0 bridgehead atoms. The number of carbonyl (C=O) groups excluding carboxylic acids is 1. The third-order valence-corrected chi connectivity index (χ3v) is 6.41. The summed E-state index contributed by atoms with van der Waals surface area (Å²) in [5, 5.41) is 37.1. The van der Waals surface area contributed by atoms with Gasteiger partial charge < -0.3 is 15.0 Å². The highest BCUT2D eigenvalue weighted by Crippen LogP contribution is 2.22. The fourth-order valence-corrected chi connectivity index (χ4v) is 4.15. The van der Waals surface area contributed by atoms with Crippen LogP contribution in [-0.2, 0) is 0 Å². The molecular formula is C32H23N6O4-. The van der Waals surface area contributed by atoms with Gasteiger partial charge in [0.15, 0.2) is 0 Å². The lowest BCUT2D eigenvalue weighted by molar-refractivity contribution is -0.255. The Morgan fingerprint density at radius 2 is 1.05 bits per heavy atom. The average molecular weight is 556 g/mol. The molecule has 0 aliphatic carbocycles. The van der Waals surface area contributed by atoms with Gasteiger partial charge in [0.25, 0.3) is 0 Å². The Kier molecular flexibility index (Phi) is 7.96. The number of carboxylic acid groups (broad SMARTS) is 2. The van der Waals surface area contributed by atoms with Gasteiger partial charge in [0, 0.05) is 29.1 Å². The molecule has 0 unspecified atom stereocenters. The molecule has 0 aliphatic heterocycles. The van der Waals surface area contributed by atoms with E-state index in [9.17, 15) is 19.8 Å². The number of nitrogens with zero attached hydrogens (tertiary/aromatic N) is 6. The summed E-state index contributed by atoms with van der Waals surface area (Å²) in [4.78, 5) is 31.2. The summed E-state index contributed by atoms with van der Waals surface area (Å²) < 4.78 is 0. The summed E-state index contributed by atoms with van der Waals surface area (Å²) in [5.41, 5.74) is 6.15. The molecule has 10 nitrogen and oxygen atoms in total. The van der Waals surface area contributed by atoms with E-state index in [-0.39, 0.29) is 11.1 Å². The molecule has 0 fully saturated rings. The van der Waals surface area contributed by atoms with Crippen molar-refractivity contribution in [2.75, 3.05) is 0 Å². The fraction of sp³-hybridized carbons (Fsp3) is 0.0625. The summed E-state index contributed by atoms with van der Waals surface area (Å²) in [5.74, 6) is -1.42. The molecule has 0 atom stereocenters. The zero-order valence-corrected chi connectivity index (χ0v) is 22.6. The molecule has 1 heterocycles. The van der Waals surface area contributed by atoms with E-state index >= 15 is 0 Å². The quantitative estimate of drug-likeness (QED) is 0.268. The molecule has 0 spiro atoms. The Hall–Kier alpha value is -5.90. The summed E-state index contributed by atoms with van der Waals surface area (Å²) in [6.45, 7) is 3.46. The average Bonchev–Trinajstić information content (AvgIpc) is 2.99. The maximum atomic E-state index is 11.2. The van der Waals surface area contributed by atoms with E-state index in [0.717, 1.165) is 22.3 Å². The van der Waals surface area contributed by atoms with Crippen LogP contribution in [0.3, 0.4) is 0 Å². The summed E-state index contributed by atoms with van der Waals surface area (Å²) in [6.07, 6.45) is 3.33. The van der Waals surface area contributed by atoms with E-state index in [4.69, 9.17) is 0 Å². The van der Waals surface area contributed by atoms with Gasteiger partial charge in [-0.1, -0.05) is 18.2 Å². The summed E-state index contributed by atoms with van der Waals surface area (Å²) >= 11 is 0. The van der Waals surface area contributed by atoms with Crippen molar-refractivity contribution in [3.8, 4) is 22.8 Å². The first-order chi connectivity index (χ1) is 20.3. The van der Waals surface area contributed by atoms with Crippen LogP contribution in [0.5, 0.6) is 0 Å². The Bertz CT molecular complexity index is 1700. The number of aromatic carboxylic acids is 2. The van der Waals surface area contributed by atoms with Gasteiger partial charge in [-0.25, -0.2) is 4.79 Å². The molecule has 0 amide bonds. The first-order valence-corrected chi connectivity index (χ1v) is 12.8. The highest BCUT2D eigenvalue weighted by atomic mass is 16.4. The van der Waals surface area contributed by atoms with E-state index in [1.54, 1.807) is 56.6 Å². The van der Waals surface area contributed by atoms with Gasteiger partial charge in [0.05, 0.1) is 22.9 Å². The molecule has 0 radical (unpaired) electrons. The number of hydrogen-bond acceptors (Lipinski definition) is 9. The van der Waals surface area contributed by atoms with Crippen LogP contribution in [0, 0.1) is 13.8 Å². The molecule has 1 aromatic heterocycles. The minimum atomic E-state index is -1.20. The van der Waals surface area contributed by atoms with Crippen molar-refractivity contribution in [2.24, 2.45) is 9.98 Å². The molecule has 10 heteroatoms. The highest BCUT2D eigenvalue weighted by Gasteiger charge is 2.08. The van der Waals surface area contributed by atoms with Crippen LogP contribution >= 0.6 is 0 Å². The van der Waals surface area contributed by atoms with Gasteiger partial charge in [-0.3, -0.25) is 9.98 Å². The lowest BCUT2D eigenvalue weighted by Crippen LogP contribution is -2.23. The van der Waals surface area contributed by atoms with Gasteiger partial charge in [0.2, 0.25) is 11.6 Å². The zero-order chi connectivity index (χ0) is 29.6. The van der Waals surface area contributed by atoms with Crippen molar-refractivity contribution in [2.45, 2.75) is 13.8 Å². The highest BCUT2D eigenvalue weighted by molar-refractivity contribution is 5.92. The van der Waals surface area contributed by atoms with Crippen LogP contribution in [0.15, 0.2) is 94.9 Å². The predicted octanol–water partition coefficient (Wildman–Crippen LogP) is 4.78.